The Labute approximate surface area is 170 Å². The lowest BCUT2D eigenvalue weighted by Gasteiger charge is -2.24. The standard InChI is InChI=1S/C22H28N4O3/c1-5-23-21(25-14-22(4,27)19-11-15(2)29-16(19)3)24-12-18-13-28-20(26-18)17-9-7-6-8-10-17/h6-11,13,27H,5,12,14H2,1-4H3,(H2,23,24,25). The van der Waals surface area contributed by atoms with Crippen molar-refractivity contribution in [2.75, 3.05) is 13.1 Å². The highest BCUT2D eigenvalue weighted by Gasteiger charge is 2.27. The van der Waals surface area contributed by atoms with Crippen LogP contribution in [-0.2, 0) is 12.1 Å². The van der Waals surface area contributed by atoms with Crippen molar-refractivity contribution in [3.8, 4) is 11.5 Å². The number of nitrogens with zero attached hydrogens (tertiary/aromatic N) is 2. The summed E-state index contributed by atoms with van der Waals surface area (Å²) in [6, 6.07) is 11.6. The molecule has 0 bridgehead atoms. The molecule has 1 unspecified atom stereocenters. The largest absolute Gasteiger partial charge is 0.466 e. The molecule has 0 fully saturated rings. The molecule has 0 saturated carbocycles. The Balaban J connectivity index is 1.66. The van der Waals surface area contributed by atoms with Crippen LogP contribution in [0.15, 0.2) is 56.5 Å². The van der Waals surface area contributed by atoms with Crippen molar-refractivity contribution in [2.45, 2.75) is 39.8 Å². The van der Waals surface area contributed by atoms with Gasteiger partial charge in [-0.05, 0) is 45.9 Å². The number of hydrogen-bond acceptors (Lipinski definition) is 5. The number of guanidine groups is 1. The number of furan rings is 1. The Morgan fingerprint density at radius 2 is 1.97 bits per heavy atom. The van der Waals surface area contributed by atoms with Gasteiger partial charge in [0.25, 0.3) is 0 Å². The molecule has 1 aromatic carbocycles. The average molecular weight is 396 g/mol. The fraction of sp³-hybridized carbons (Fsp3) is 0.364. The molecular weight excluding hydrogens is 368 g/mol. The molecule has 0 aliphatic rings. The van der Waals surface area contributed by atoms with E-state index in [-0.39, 0.29) is 6.54 Å². The van der Waals surface area contributed by atoms with Crippen LogP contribution >= 0.6 is 0 Å². The molecule has 3 N–H and O–H groups in total. The quantitative estimate of drug-likeness (QED) is 0.418. The van der Waals surface area contributed by atoms with Gasteiger partial charge in [0, 0.05) is 17.7 Å². The summed E-state index contributed by atoms with van der Waals surface area (Å²) in [5.74, 6) is 2.66. The first kappa shape index (κ1) is 20.7. The molecule has 0 spiro atoms. The monoisotopic (exact) mass is 396 g/mol. The van der Waals surface area contributed by atoms with E-state index in [0.717, 1.165) is 22.6 Å². The van der Waals surface area contributed by atoms with E-state index in [1.165, 1.54) is 0 Å². The van der Waals surface area contributed by atoms with E-state index >= 15 is 0 Å². The second-order valence-corrected chi connectivity index (χ2v) is 7.16. The highest BCUT2D eigenvalue weighted by Crippen LogP contribution is 2.26. The summed E-state index contributed by atoms with van der Waals surface area (Å²) in [5, 5.41) is 17.3. The Morgan fingerprint density at radius 3 is 2.62 bits per heavy atom. The number of aliphatic imine (C=N–C) groups is 1. The zero-order chi connectivity index (χ0) is 20.9. The average Bonchev–Trinajstić information content (AvgIpc) is 3.31. The first-order valence-corrected chi connectivity index (χ1v) is 9.71. The number of aromatic nitrogens is 1. The Bertz CT molecular complexity index is 958. The summed E-state index contributed by atoms with van der Waals surface area (Å²) in [7, 11) is 0. The summed E-state index contributed by atoms with van der Waals surface area (Å²) >= 11 is 0. The zero-order valence-electron chi connectivity index (χ0n) is 17.3. The van der Waals surface area contributed by atoms with E-state index in [4.69, 9.17) is 8.83 Å². The predicted molar refractivity (Wildman–Crippen MR) is 113 cm³/mol. The minimum Gasteiger partial charge on any atom is -0.466 e. The number of nitrogens with one attached hydrogen (secondary N) is 2. The summed E-state index contributed by atoms with van der Waals surface area (Å²) in [6.07, 6.45) is 1.61. The molecule has 0 aliphatic carbocycles. The summed E-state index contributed by atoms with van der Waals surface area (Å²) in [5.41, 5.74) is 1.33. The van der Waals surface area contributed by atoms with Crippen molar-refractivity contribution in [1.29, 1.82) is 0 Å². The van der Waals surface area contributed by atoms with Crippen LogP contribution in [0.4, 0.5) is 0 Å². The minimum atomic E-state index is -1.09. The van der Waals surface area contributed by atoms with Crippen molar-refractivity contribution >= 4 is 5.96 Å². The SMILES string of the molecule is CCNC(=NCc1coc(-c2ccccc2)n1)NCC(C)(O)c1cc(C)oc1C. The maximum atomic E-state index is 10.9. The fourth-order valence-corrected chi connectivity index (χ4v) is 3.11. The third-order valence-electron chi connectivity index (χ3n) is 4.54. The number of hydrogen-bond donors (Lipinski definition) is 3. The number of benzene rings is 1. The summed E-state index contributed by atoms with van der Waals surface area (Å²) < 4.78 is 11.1. The maximum absolute atomic E-state index is 10.9. The molecule has 0 radical (unpaired) electrons. The van der Waals surface area contributed by atoms with Crippen LogP contribution < -0.4 is 10.6 Å². The maximum Gasteiger partial charge on any atom is 0.226 e. The lowest BCUT2D eigenvalue weighted by atomic mass is 9.96. The van der Waals surface area contributed by atoms with Crippen molar-refractivity contribution in [2.24, 2.45) is 4.99 Å². The van der Waals surface area contributed by atoms with Crippen molar-refractivity contribution < 1.29 is 13.9 Å². The summed E-state index contributed by atoms with van der Waals surface area (Å²) in [6.45, 7) is 8.81. The molecule has 3 aromatic rings. The molecule has 0 aliphatic heterocycles. The van der Waals surface area contributed by atoms with Gasteiger partial charge in [0.15, 0.2) is 5.96 Å². The van der Waals surface area contributed by atoms with E-state index in [1.807, 2.05) is 57.2 Å². The van der Waals surface area contributed by atoms with E-state index in [1.54, 1.807) is 13.2 Å². The summed E-state index contributed by atoms with van der Waals surface area (Å²) in [4.78, 5) is 9.04. The van der Waals surface area contributed by atoms with E-state index in [9.17, 15) is 5.11 Å². The number of rotatable bonds is 7. The van der Waals surface area contributed by atoms with Gasteiger partial charge in [-0.1, -0.05) is 18.2 Å². The van der Waals surface area contributed by atoms with Crippen LogP contribution in [0, 0.1) is 13.8 Å². The van der Waals surface area contributed by atoms with Gasteiger partial charge in [-0.25, -0.2) is 9.98 Å². The van der Waals surface area contributed by atoms with Gasteiger partial charge in [-0.2, -0.15) is 0 Å². The third-order valence-corrected chi connectivity index (χ3v) is 4.54. The van der Waals surface area contributed by atoms with E-state index in [2.05, 4.69) is 20.6 Å². The smallest absolute Gasteiger partial charge is 0.226 e. The number of oxazole rings is 1. The Hall–Kier alpha value is -3.06. The molecule has 1 atom stereocenters. The molecule has 0 saturated heterocycles. The van der Waals surface area contributed by atoms with Crippen LogP contribution in [0.25, 0.3) is 11.5 Å². The first-order valence-electron chi connectivity index (χ1n) is 9.71. The van der Waals surface area contributed by atoms with Gasteiger partial charge >= 0.3 is 0 Å². The Kier molecular flexibility index (Phi) is 6.39. The Morgan fingerprint density at radius 1 is 1.21 bits per heavy atom. The van der Waals surface area contributed by atoms with E-state index in [0.29, 0.717) is 30.7 Å². The molecule has 29 heavy (non-hydrogen) atoms. The van der Waals surface area contributed by atoms with Crippen LogP contribution in [0.5, 0.6) is 0 Å². The lowest BCUT2D eigenvalue weighted by Crippen LogP contribution is -2.44. The van der Waals surface area contributed by atoms with Crippen molar-refractivity contribution in [3.05, 3.63) is 65.4 Å². The highest BCUT2D eigenvalue weighted by atomic mass is 16.3. The molecular formula is C22H28N4O3. The van der Waals surface area contributed by atoms with Crippen molar-refractivity contribution in [1.82, 2.24) is 15.6 Å². The first-order chi connectivity index (χ1) is 13.9. The topological polar surface area (TPSA) is 95.8 Å². The number of aryl methyl sites for hydroxylation is 2. The fourth-order valence-electron chi connectivity index (χ4n) is 3.11. The van der Waals surface area contributed by atoms with Crippen LogP contribution in [-0.4, -0.2) is 29.1 Å². The van der Waals surface area contributed by atoms with Gasteiger partial charge in [-0.15, -0.1) is 0 Å². The third kappa shape index (κ3) is 5.26. The molecule has 3 rings (SSSR count). The molecule has 0 amide bonds. The minimum absolute atomic E-state index is 0.284. The van der Waals surface area contributed by atoms with Crippen LogP contribution in [0.1, 0.15) is 36.6 Å². The van der Waals surface area contributed by atoms with Crippen LogP contribution in [0.2, 0.25) is 0 Å². The molecule has 7 nitrogen and oxygen atoms in total. The van der Waals surface area contributed by atoms with Gasteiger partial charge in [0.2, 0.25) is 5.89 Å². The molecule has 154 valence electrons. The van der Waals surface area contributed by atoms with Gasteiger partial charge in [0.05, 0.1) is 13.1 Å². The van der Waals surface area contributed by atoms with E-state index < -0.39 is 5.60 Å². The predicted octanol–water partition coefficient (Wildman–Crippen LogP) is 3.51. The lowest BCUT2D eigenvalue weighted by molar-refractivity contribution is 0.0601. The highest BCUT2D eigenvalue weighted by molar-refractivity contribution is 5.79. The second-order valence-electron chi connectivity index (χ2n) is 7.16. The van der Waals surface area contributed by atoms with Crippen molar-refractivity contribution in [3.63, 3.8) is 0 Å². The number of aliphatic hydroxyl groups is 1. The van der Waals surface area contributed by atoms with Gasteiger partial charge < -0.3 is 24.6 Å². The zero-order valence-corrected chi connectivity index (χ0v) is 17.3. The normalized spacial score (nSPS) is 13.9. The molecule has 2 aromatic heterocycles. The van der Waals surface area contributed by atoms with Gasteiger partial charge in [0.1, 0.15) is 29.1 Å². The van der Waals surface area contributed by atoms with Gasteiger partial charge in [-0.3, -0.25) is 0 Å². The van der Waals surface area contributed by atoms with Crippen LogP contribution in [0.3, 0.4) is 0 Å². The molecule has 2 heterocycles. The molecule has 7 heteroatoms. The second kappa shape index (κ2) is 8.96.